The summed E-state index contributed by atoms with van der Waals surface area (Å²) in [7, 11) is 0. The second-order valence-corrected chi connectivity index (χ2v) is 18.5. The van der Waals surface area contributed by atoms with Crippen LogP contribution in [0.1, 0.15) is 119 Å². The molecule has 21 atom stereocenters. The van der Waals surface area contributed by atoms with E-state index in [-0.39, 0.29) is 47.5 Å². The first-order chi connectivity index (χ1) is 24.9. The van der Waals surface area contributed by atoms with E-state index in [4.69, 9.17) is 28.4 Å². The standard InChI is InChI=1S/C39H65NO13/c1-19(40(46)47)25-11-14-39(45)27-8-7-23-15-24(9-12-37(23,5)26(27)10-13-38(25,39)6)51-31-17-29(42)35(21(3)49-31)53-33-18-30(43)36(22(4)50-33)52-32-16-28(41)34(44)20(2)48-32/h19-36,41-45H,7-18H2,1-6H3/t19?,20-,21-,22-,23-,24+,25-,26+,27-,28+,29+,30+,31+,32+,33+,34-,35-,36-,37+,38-,39+/m1/s1. The summed E-state index contributed by atoms with van der Waals surface area (Å²) in [6.07, 6.45) is -0.755. The molecule has 0 aromatic heterocycles. The summed E-state index contributed by atoms with van der Waals surface area (Å²) in [5.41, 5.74) is -1.22. The Morgan fingerprint density at radius 3 is 1.83 bits per heavy atom. The van der Waals surface area contributed by atoms with Gasteiger partial charge in [0.2, 0.25) is 6.04 Å². The van der Waals surface area contributed by atoms with Crippen molar-refractivity contribution in [2.45, 2.75) is 210 Å². The lowest BCUT2D eigenvalue weighted by Crippen LogP contribution is -2.63. The van der Waals surface area contributed by atoms with Gasteiger partial charge in [-0.1, -0.05) is 13.8 Å². The number of nitro groups is 1. The van der Waals surface area contributed by atoms with Crippen molar-refractivity contribution in [3.8, 4) is 0 Å². The fraction of sp³-hybridized carbons (Fsp3) is 1.00. The minimum atomic E-state index is -1.00. The molecule has 0 aromatic carbocycles. The predicted molar refractivity (Wildman–Crippen MR) is 189 cm³/mol. The van der Waals surface area contributed by atoms with Crippen LogP contribution in [0.2, 0.25) is 0 Å². The second kappa shape index (κ2) is 15.0. The molecule has 7 rings (SSSR count). The van der Waals surface area contributed by atoms with Crippen LogP contribution in [0.5, 0.6) is 0 Å². The van der Waals surface area contributed by atoms with E-state index in [2.05, 4.69) is 13.8 Å². The van der Waals surface area contributed by atoms with Gasteiger partial charge in [0.1, 0.15) is 18.3 Å². The summed E-state index contributed by atoms with van der Waals surface area (Å²) >= 11 is 0. The van der Waals surface area contributed by atoms with Crippen LogP contribution in [-0.2, 0) is 28.4 Å². The van der Waals surface area contributed by atoms with Crippen LogP contribution in [0, 0.1) is 44.6 Å². The molecule has 0 amide bonds. The first kappa shape index (κ1) is 40.2. The third-order valence-corrected chi connectivity index (χ3v) is 15.7. The van der Waals surface area contributed by atoms with Gasteiger partial charge in [0.15, 0.2) is 18.9 Å². The summed E-state index contributed by atoms with van der Waals surface area (Å²) in [5, 5.41) is 66.5. The molecule has 5 N–H and O–H groups in total. The van der Waals surface area contributed by atoms with Gasteiger partial charge in [0.25, 0.3) is 0 Å². The highest BCUT2D eigenvalue weighted by Gasteiger charge is 2.69. The molecule has 3 aliphatic heterocycles. The Labute approximate surface area is 313 Å². The van der Waals surface area contributed by atoms with Crippen molar-refractivity contribution in [1.29, 1.82) is 0 Å². The van der Waals surface area contributed by atoms with E-state index >= 15 is 0 Å². The van der Waals surface area contributed by atoms with Crippen LogP contribution >= 0.6 is 0 Å². The van der Waals surface area contributed by atoms with Gasteiger partial charge in [0, 0.05) is 42.4 Å². The van der Waals surface area contributed by atoms with E-state index in [0.717, 1.165) is 44.9 Å². The Kier molecular flexibility index (Phi) is 11.4. The number of aliphatic hydroxyl groups is 5. The monoisotopic (exact) mass is 755 g/mol. The van der Waals surface area contributed by atoms with Gasteiger partial charge in [-0.15, -0.1) is 0 Å². The number of rotatable bonds is 8. The molecule has 4 saturated carbocycles. The first-order valence-corrected chi connectivity index (χ1v) is 20.5. The van der Waals surface area contributed by atoms with E-state index in [9.17, 15) is 35.6 Å². The van der Waals surface area contributed by atoms with E-state index in [1.807, 2.05) is 6.92 Å². The zero-order chi connectivity index (χ0) is 38.2. The maximum atomic E-state index is 12.4. The Morgan fingerprint density at radius 2 is 1.26 bits per heavy atom. The summed E-state index contributed by atoms with van der Waals surface area (Å²) in [6.45, 7) is 11.5. The molecule has 0 bridgehead atoms. The summed E-state index contributed by atoms with van der Waals surface area (Å²) in [5.74, 6) is 0.884. The van der Waals surface area contributed by atoms with E-state index in [1.54, 1.807) is 20.8 Å². The number of nitrogens with zero attached hydrogens (tertiary/aromatic N) is 1. The van der Waals surface area contributed by atoms with Crippen LogP contribution in [0.15, 0.2) is 0 Å². The van der Waals surface area contributed by atoms with E-state index < -0.39 is 90.9 Å². The third-order valence-electron chi connectivity index (χ3n) is 15.7. The zero-order valence-electron chi connectivity index (χ0n) is 32.3. The number of hydrogen-bond acceptors (Lipinski definition) is 13. The average Bonchev–Trinajstić information content (AvgIpc) is 3.37. The van der Waals surface area contributed by atoms with Crippen molar-refractivity contribution in [3.05, 3.63) is 10.1 Å². The van der Waals surface area contributed by atoms with Gasteiger partial charge in [-0.25, -0.2) is 0 Å². The van der Waals surface area contributed by atoms with Crippen molar-refractivity contribution in [2.24, 2.45) is 34.5 Å². The van der Waals surface area contributed by atoms with Gasteiger partial charge in [-0.2, -0.15) is 0 Å². The van der Waals surface area contributed by atoms with Crippen molar-refractivity contribution in [1.82, 2.24) is 0 Å². The fourth-order valence-electron chi connectivity index (χ4n) is 12.6. The molecule has 0 aromatic rings. The van der Waals surface area contributed by atoms with Crippen LogP contribution in [-0.4, -0.2) is 122 Å². The largest absolute Gasteiger partial charge is 0.390 e. The lowest BCUT2D eigenvalue weighted by molar-refractivity contribution is -0.532. The molecule has 7 fully saturated rings. The van der Waals surface area contributed by atoms with Gasteiger partial charge in [0.05, 0.1) is 48.3 Å². The Bertz CT molecular complexity index is 1270. The molecule has 4 aliphatic carbocycles. The molecule has 53 heavy (non-hydrogen) atoms. The molecule has 0 radical (unpaired) electrons. The highest BCUT2D eigenvalue weighted by atomic mass is 16.7. The number of fused-ring (bicyclic) bond motifs is 5. The van der Waals surface area contributed by atoms with Crippen LogP contribution in [0.3, 0.4) is 0 Å². The molecule has 304 valence electrons. The molecule has 14 heteroatoms. The highest BCUT2D eigenvalue weighted by molar-refractivity contribution is 5.17. The minimum absolute atomic E-state index is 0.00430. The number of hydrogen-bond donors (Lipinski definition) is 5. The minimum Gasteiger partial charge on any atom is -0.390 e. The molecular weight excluding hydrogens is 690 g/mol. The van der Waals surface area contributed by atoms with E-state index in [0.29, 0.717) is 24.7 Å². The average molecular weight is 756 g/mol. The van der Waals surface area contributed by atoms with Crippen LogP contribution in [0.25, 0.3) is 0 Å². The number of aliphatic hydroxyl groups excluding tert-OH is 4. The number of ether oxygens (including phenoxy) is 6. The lowest BCUT2D eigenvalue weighted by Gasteiger charge is -2.63. The van der Waals surface area contributed by atoms with Crippen LogP contribution < -0.4 is 0 Å². The summed E-state index contributed by atoms with van der Waals surface area (Å²) in [4.78, 5) is 11.6. The normalized spacial score (nSPS) is 55.0. The SMILES string of the molecule is CC([C@H]1CC[C@]2(O)[C@@H]3CC[C@@H]4C[C@@H](O[C@H]5C[C@H](O)[C@H](O[C@H]6C[C@H](O)[C@H](O[C@H]7C[C@H](O)[C@H](O)[C@@H](C)O7)[C@@H](C)O6)[C@@H](C)O5)CC[C@]4(C)[C@H]3CC[C@]12C)[N+](=O)[O-]. The third kappa shape index (κ3) is 7.12. The van der Waals surface area contributed by atoms with E-state index in [1.165, 1.54) is 0 Å². The fourth-order valence-corrected chi connectivity index (χ4v) is 12.6. The summed E-state index contributed by atoms with van der Waals surface area (Å²) in [6, 6.07) is -0.652. The summed E-state index contributed by atoms with van der Waals surface area (Å²) < 4.78 is 36.8. The Balaban J connectivity index is 0.900. The topological polar surface area (TPSA) is 200 Å². The van der Waals surface area contributed by atoms with Crippen molar-refractivity contribution in [3.63, 3.8) is 0 Å². The molecule has 1 unspecified atom stereocenters. The molecule has 3 heterocycles. The Hall–Kier alpha value is -1.04. The molecule has 14 nitrogen and oxygen atoms in total. The maximum absolute atomic E-state index is 12.4. The molecular formula is C39H65NO13. The van der Waals surface area contributed by atoms with Crippen molar-refractivity contribution >= 4 is 0 Å². The highest BCUT2D eigenvalue weighted by Crippen LogP contribution is 2.69. The van der Waals surface area contributed by atoms with Gasteiger partial charge >= 0.3 is 0 Å². The van der Waals surface area contributed by atoms with Gasteiger partial charge in [-0.05, 0) is 102 Å². The lowest BCUT2D eigenvalue weighted by atomic mass is 9.43. The van der Waals surface area contributed by atoms with Gasteiger partial charge < -0.3 is 54.0 Å². The smallest absolute Gasteiger partial charge is 0.213 e. The van der Waals surface area contributed by atoms with Crippen molar-refractivity contribution in [2.75, 3.05) is 0 Å². The van der Waals surface area contributed by atoms with Gasteiger partial charge in [-0.3, -0.25) is 10.1 Å². The van der Waals surface area contributed by atoms with Crippen molar-refractivity contribution < 1.29 is 58.9 Å². The maximum Gasteiger partial charge on any atom is 0.213 e. The molecule has 7 aliphatic rings. The van der Waals surface area contributed by atoms with Crippen LogP contribution in [0.4, 0.5) is 0 Å². The molecule has 0 spiro atoms. The predicted octanol–water partition coefficient (Wildman–Crippen LogP) is 3.43. The quantitative estimate of drug-likeness (QED) is 0.137. The Morgan fingerprint density at radius 1 is 0.698 bits per heavy atom. The molecule has 3 saturated heterocycles. The first-order valence-electron chi connectivity index (χ1n) is 20.5. The second-order valence-electron chi connectivity index (χ2n) is 18.5. The zero-order valence-corrected chi connectivity index (χ0v) is 32.3.